The highest BCUT2D eigenvalue weighted by Crippen LogP contribution is 2.30. The summed E-state index contributed by atoms with van der Waals surface area (Å²) in [5, 5.41) is 3.10. The lowest BCUT2D eigenvalue weighted by Crippen LogP contribution is -2.37. The molecular weight excluding hydrogens is 356 g/mol. The van der Waals surface area contributed by atoms with Gasteiger partial charge in [0.05, 0.1) is 18.3 Å². The fraction of sp³-hybridized carbons (Fsp3) is 0.476. The molecule has 1 unspecified atom stereocenters. The van der Waals surface area contributed by atoms with Crippen LogP contribution in [-0.4, -0.2) is 35.7 Å². The minimum absolute atomic E-state index is 0.00959. The van der Waals surface area contributed by atoms with Gasteiger partial charge in [-0.2, -0.15) is 0 Å². The summed E-state index contributed by atoms with van der Waals surface area (Å²) in [6.45, 7) is 1.95. The van der Waals surface area contributed by atoms with Gasteiger partial charge >= 0.3 is 0 Å². The third-order valence-corrected chi connectivity index (χ3v) is 5.49. The van der Waals surface area contributed by atoms with Gasteiger partial charge in [0.1, 0.15) is 6.54 Å². The lowest BCUT2D eigenvalue weighted by Gasteiger charge is -2.22. The molecular formula is C21H26N4O3. The molecule has 1 aromatic carbocycles. The number of methoxy groups -OCH3 is 1. The van der Waals surface area contributed by atoms with Crippen molar-refractivity contribution in [2.75, 3.05) is 25.1 Å². The van der Waals surface area contributed by atoms with Crippen LogP contribution in [0.3, 0.4) is 0 Å². The summed E-state index contributed by atoms with van der Waals surface area (Å²) in [5.74, 6) is 0.407. The van der Waals surface area contributed by atoms with E-state index in [1.807, 2.05) is 12.1 Å². The summed E-state index contributed by atoms with van der Waals surface area (Å²) in [6.07, 6.45) is 3.99. The van der Waals surface area contributed by atoms with Crippen molar-refractivity contribution in [2.24, 2.45) is 0 Å². The quantitative estimate of drug-likeness (QED) is 0.824. The molecule has 7 heteroatoms. The predicted octanol–water partition coefficient (Wildman–Crippen LogP) is 1.79. The Morgan fingerprint density at radius 1 is 1.29 bits per heavy atom. The Balaban J connectivity index is 1.55. The normalized spacial score (nSPS) is 18.3. The van der Waals surface area contributed by atoms with Crippen LogP contribution in [0.15, 0.2) is 35.1 Å². The highest BCUT2D eigenvalue weighted by atomic mass is 16.5. The van der Waals surface area contributed by atoms with Crippen molar-refractivity contribution in [3.8, 4) is 0 Å². The first-order valence-corrected chi connectivity index (χ1v) is 9.87. The zero-order valence-corrected chi connectivity index (χ0v) is 16.2. The zero-order valence-electron chi connectivity index (χ0n) is 16.2. The molecule has 1 atom stereocenters. The number of nitrogens with zero attached hydrogens (tertiary/aromatic N) is 3. The van der Waals surface area contributed by atoms with Crippen LogP contribution in [0.4, 0.5) is 5.95 Å². The van der Waals surface area contributed by atoms with E-state index < -0.39 is 0 Å². The molecule has 0 saturated carbocycles. The Morgan fingerprint density at radius 2 is 2.07 bits per heavy atom. The fourth-order valence-electron chi connectivity index (χ4n) is 4.16. The molecule has 0 spiro atoms. The number of benzene rings is 1. The van der Waals surface area contributed by atoms with Crippen molar-refractivity contribution >= 4 is 11.9 Å². The van der Waals surface area contributed by atoms with Gasteiger partial charge in [-0.15, -0.1) is 0 Å². The number of carbonyl (C=O) groups is 1. The van der Waals surface area contributed by atoms with Gasteiger partial charge in [0.2, 0.25) is 11.9 Å². The van der Waals surface area contributed by atoms with Crippen LogP contribution in [0.1, 0.15) is 42.1 Å². The second-order valence-electron chi connectivity index (χ2n) is 7.46. The van der Waals surface area contributed by atoms with Crippen LogP contribution in [0, 0.1) is 0 Å². The van der Waals surface area contributed by atoms with Crippen LogP contribution in [-0.2, 0) is 29.1 Å². The van der Waals surface area contributed by atoms with Gasteiger partial charge in [-0.3, -0.25) is 14.2 Å². The van der Waals surface area contributed by atoms with Crippen molar-refractivity contribution < 1.29 is 9.53 Å². The minimum Gasteiger partial charge on any atom is -0.378 e. The first kappa shape index (κ1) is 18.7. The summed E-state index contributed by atoms with van der Waals surface area (Å²) >= 11 is 0. The Labute approximate surface area is 164 Å². The molecule has 1 aliphatic carbocycles. The SMILES string of the molecule is COCc1cc(=O)n(CC(=O)NC2CCc3ccccc32)c(N2CCCC2)n1. The van der Waals surface area contributed by atoms with Crippen molar-refractivity contribution in [1.82, 2.24) is 14.9 Å². The van der Waals surface area contributed by atoms with E-state index in [-0.39, 0.29) is 30.7 Å². The predicted molar refractivity (Wildman–Crippen MR) is 106 cm³/mol. The highest BCUT2D eigenvalue weighted by molar-refractivity contribution is 5.77. The Hall–Kier alpha value is -2.67. The van der Waals surface area contributed by atoms with Gasteiger partial charge < -0.3 is 15.0 Å². The van der Waals surface area contributed by atoms with E-state index >= 15 is 0 Å². The second kappa shape index (κ2) is 8.14. The van der Waals surface area contributed by atoms with Crippen molar-refractivity contribution in [3.63, 3.8) is 0 Å². The molecule has 2 heterocycles. The standard InChI is InChI=1S/C21H26N4O3/c1-28-14-16-12-20(27)25(21(22-16)24-10-4-5-11-24)13-19(26)23-18-9-8-15-6-2-3-7-17(15)18/h2-3,6-7,12,18H,4-5,8-11,13-14H2,1H3,(H,23,26). The van der Waals surface area contributed by atoms with Crippen molar-refractivity contribution in [3.05, 3.63) is 57.5 Å². The van der Waals surface area contributed by atoms with Gasteiger partial charge in [-0.05, 0) is 36.8 Å². The summed E-state index contributed by atoms with van der Waals surface area (Å²) in [4.78, 5) is 32.2. The molecule has 1 saturated heterocycles. The minimum atomic E-state index is -0.217. The van der Waals surface area contributed by atoms with Crippen molar-refractivity contribution in [1.29, 1.82) is 0 Å². The van der Waals surface area contributed by atoms with Gasteiger partial charge in [-0.25, -0.2) is 4.98 Å². The molecule has 2 aliphatic rings. The highest BCUT2D eigenvalue weighted by Gasteiger charge is 2.25. The van der Waals surface area contributed by atoms with Crippen LogP contribution in [0.25, 0.3) is 0 Å². The number of hydrogen-bond acceptors (Lipinski definition) is 5. The van der Waals surface area contributed by atoms with E-state index in [0.717, 1.165) is 38.8 Å². The zero-order chi connectivity index (χ0) is 19.5. The maximum absolute atomic E-state index is 12.8. The van der Waals surface area contributed by atoms with E-state index in [4.69, 9.17) is 4.74 Å². The number of hydrogen-bond donors (Lipinski definition) is 1. The van der Waals surface area contributed by atoms with Crippen LogP contribution >= 0.6 is 0 Å². The maximum Gasteiger partial charge on any atom is 0.255 e. The molecule has 28 heavy (non-hydrogen) atoms. The van der Waals surface area contributed by atoms with Gasteiger partial charge in [0.15, 0.2) is 0 Å². The summed E-state index contributed by atoms with van der Waals surface area (Å²) in [6, 6.07) is 9.67. The monoisotopic (exact) mass is 382 g/mol. The van der Waals surface area contributed by atoms with Gasteiger partial charge in [-0.1, -0.05) is 24.3 Å². The molecule has 1 aliphatic heterocycles. The molecule has 2 aromatic rings. The Kier molecular flexibility index (Phi) is 5.43. The van der Waals surface area contributed by atoms with E-state index in [1.165, 1.54) is 21.8 Å². The molecule has 1 amide bonds. The largest absolute Gasteiger partial charge is 0.378 e. The topological polar surface area (TPSA) is 76.5 Å². The first-order valence-electron chi connectivity index (χ1n) is 9.87. The van der Waals surface area contributed by atoms with Gasteiger partial charge in [0.25, 0.3) is 5.56 Å². The lowest BCUT2D eigenvalue weighted by atomic mass is 10.1. The third-order valence-electron chi connectivity index (χ3n) is 5.49. The number of anilines is 1. The number of aromatic nitrogens is 2. The maximum atomic E-state index is 12.8. The Bertz CT molecular complexity index is 918. The molecule has 148 valence electrons. The number of carbonyl (C=O) groups excluding carboxylic acids is 1. The molecule has 1 aromatic heterocycles. The molecule has 0 bridgehead atoms. The molecule has 0 radical (unpaired) electrons. The van der Waals surface area contributed by atoms with Crippen molar-refractivity contribution in [2.45, 2.75) is 44.9 Å². The summed E-state index contributed by atoms with van der Waals surface area (Å²) in [7, 11) is 1.58. The molecule has 1 N–H and O–H groups in total. The molecule has 4 rings (SSSR count). The molecule has 1 fully saturated rings. The number of aryl methyl sites for hydroxylation is 1. The number of ether oxygens (including phenoxy) is 1. The number of fused-ring (bicyclic) bond motifs is 1. The van der Waals surface area contributed by atoms with E-state index in [9.17, 15) is 9.59 Å². The van der Waals surface area contributed by atoms with E-state index in [1.54, 1.807) is 7.11 Å². The smallest absolute Gasteiger partial charge is 0.255 e. The Morgan fingerprint density at radius 3 is 2.86 bits per heavy atom. The third kappa shape index (κ3) is 3.80. The average molecular weight is 382 g/mol. The van der Waals surface area contributed by atoms with Crippen LogP contribution in [0.2, 0.25) is 0 Å². The van der Waals surface area contributed by atoms with Crippen LogP contribution in [0.5, 0.6) is 0 Å². The molecule has 7 nitrogen and oxygen atoms in total. The summed E-state index contributed by atoms with van der Waals surface area (Å²) < 4.78 is 6.62. The van der Waals surface area contributed by atoms with Gasteiger partial charge in [0, 0.05) is 26.3 Å². The number of amides is 1. The fourth-order valence-corrected chi connectivity index (χ4v) is 4.16. The van der Waals surface area contributed by atoms with E-state index in [0.29, 0.717) is 11.6 Å². The first-order chi connectivity index (χ1) is 13.7. The van der Waals surface area contributed by atoms with E-state index in [2.05, 4.69) is 27.3 Å². The number of nitrogens with one attached hydrogen (secondary N) is 1. The number of rotatable bonds is 6. The van der Waals surface area contributed by atoms with Crippen LogP contribution < -0.4 is 15.8 Å². The lowest BCUT2D eigenvalue weighted by molar-refractivity contribution is -0.122. The average Bonchev–Trinajstić information content (AvgIpc) is 3.35. The second-order valence-corrected chi connectivity index (χ2v) is 7.46. The summed E-state index contributed by atoms with van der Waals surface area (Å²) in [5.41, 5.74) is 2.84.